The van der Waals surface area contributed by atoms with Gasteiger partial charge in [-0.05, 0) is 121 Å². The van der Waals surface area contributed by atoms with Crippen molar-refractivity contribution in [3.8, 4) is 0 Å². The molecule has 5 saturated carbocycles. The number of hydrogen-bond acceptors (Lipinski definition) is 2. The standard InChI is InChI=1S/C31H52O3.Na.H/c1-19-11-13-27(5)16-17-28(6)21(24(27)20(19)2)9-10-23-29(28,7)14-12-22-26(3,4)15-18-31(34,25(32)33)30(22,23)8;;/h19-24,34H,9-18H2,1-8H3,(H,32,33);;/t19-,20+,21-,22+,23+,24+,27-,28-,29-,30+,31?;;/m1../s1. The molecule has 5 aliphatic rings. The number of hydrogen-bond donors (Lipinski definition) is 2. The van der Waals surface area contributed by atoms with Crippen molar-refractivity contribution in [2.24, 2.45) is 62.6 Å². The molecule has 5 aliphatic carbocycles. The predicted octanol–water partition coefficient (Wildman–Crippen LogP) is 6.91. The van der Waals surface area contributed by atoms with Gasteiger partial charge in [-0.25, -0.2) is 4.79 Å². The maximum atomic E-state index is 12.7. The summed E-state index contributed by atoms with van der Waals surface area (Å²) in [6, 6.07) is 0. The number of carboxylic acids is 1. The van der Waals surface area contributed by atoms with Crippen molar-refractivity contribution in [1.29, 1.82) is 0 Å². The van der Waals surface area contributed by atoms with E-state index in [0.29, 0.717) is 11.8 Å². The molecular formula is C31H53NaO3. The summed E-state index contributed by atoms with van der Waals surface area (Å²) >= 11 is 0. The fraction of sp³-hybridized carbons (Fsp3) is 0.968. The quantitative estimate of drug-likeness (QED) is 0.388. The third-order valence-corrected chi connectivity index (χ3v) is 14.5. The van der Waals surface area contributed by atoms with Crippen LogP contribution in [0.3, 0.4) is 0 Å². The Bertz CT molecular complexity index is 871. The Hall–Kier alpha value is 0.430. The fourth-order valence-corrected chi connectivity index (χ4v) is 12.0. The summed E-state index contributed by atoms with van der Waals surface area (Å²) in [5, 5.41) is 22.4. The summed E-state index contributed by atoms with van der Waals surface area (Å²) in [5.41, 5.74) is -1.34. The molecule has 196 valence electrons. The molecule has 0 bridgehead atoms. The molecule has 0 aliphatic heterocycles. The predicted molar refractivity (Wildman–Crippen MR) is 144 cm³/mol. The Morgan fingerprint density at radius 2 is 1.40 bits per heavy atom. The molecule has 4 heteroatoms. The Labute approximate surface area is 237 Å². The van der Waals surface area contributed by atoms with Crippen molar-refractivity contribution in [1.82, 2.24) is 0 Å². The van der Waals surface area contributed by atoms with Gasteiger partial charge in [0, 0.05) is 5.41 Å². The molecule has 0 saturated heterocycles. The van der Waals surface area contributed by atoms with Gasteiger partial charge in [-0.2, -0.15) is 0 Å². The first kappa shape index (κ1) is 28.4. The zero-order chi connectivity index (χ0) is 25.1. The maximum absolute atomic E-state index is 12.7. The Morgan fingerprint density at radius 3 is 2.03 bits per heavy atom. The molecule has 3 nitrogen and oxygen atoms in total. The van der Waals surface area contributed by atoms with Crippen molar-refractivity contribution in [2.75, 3.05) is 0 Å². The van der Waals surface area contributed by atoms with Crippen LogP contribution in [0, 0.1) is 62.6 Å². The molecule has 35 heavy (non-hydrogen) atoms. The Kier molecular flexibility index (Phi) is 6.88. The molecule has 0 amide bonds. The molecule has 0 spiro atoms. The first-order chi connectivity index (χ1) is 15.6. The van der Waals surface area contributed by atoms with E-state index in [9.17, 15) is 15.0 Å². The second kappa shape index (κ2) is 8.46. The van der Waals surface area contributed by atoms with E-state index in [1.54, 1.807) is 0 Å². The van der Waals surface area contributed by atoms with Gasteiger partial charge < -0.3 is 10.2 Å². The van der Waals surface area contributed by atoms with Gasteiger partial charge in [-0.3, -0.25) is 0 Å². The monoisotopic (exact) mass is 496 g/mol. The summed E-state index contributed by atoms with van der Waals surface area (Å²) in [4.78, 5) is 12.7. The molecule has 0 radical (unpaired) electrons. The van der Waals surface area contributed by atoms with Crippen molar-refractivity contribution in [3.63, 3.8) is 0 Å². The van der Waals surface area contributed by atoms with Gasteiger partial charge in [0.05, 0.1) is 0 Å². The number of carboxylic acid groups (broad SMARTS) is 1. The first-order valence-electron chi connectivity index (χ1n) is 14.5. The molecular weight excluding hydrogens is 443 g/mol. The Morgan fingerprint density at radius 1 is 0.743 bits per heavy atom. The van der Waals surface area contributed by atoms with Gasteiger partial charge >= 0.3 is 35.5 Å². The summed E-state index contributed by atoms with van der Waals surface area (Å²) in [7, 11) is 0. The minimum absolute atomic E-state index is 0. The summed E-state index contributed by atoms with van der Waals surface area (Å²) in [6.45, 7) is 19.6. The van der Waals surface area contributed by atoms with Crippen LogP contribution in [0.4, 0.5) is 0 Å². The van der Waals surface area contributed by atoms with Gasteiger partial charge in [0.1, 0.15) is 0 Å². The topological polar surface area (TPSA) is 57.5 Å². The van der Waals surface area contributed by atoms with Crippen LogP contribution in [0.1, 0.15) is 120 Å². The molecule has 5 fully saturated rings. The van der Waals surface area contributed by atoms with Crippen molar-refractivity contribution in [2.45, 2.75) is 125 Å². The molecule has 0 aromatic carbocycles. The molecule has 0 aromatic rings. The summed E-state index contributed by atoms with van der Waals surface area (Å²) in [6.07, 6.45) is 11.1. The summed E-state index contributed by atoms with van der Waals surface area (Å²) < 4.78 is 0. The number of fused-ring (bicyclic) bond motifs is 7. The molecule has 0 aromatic heterocycles. The molecule has 1 unspecified atom stereocenters. The van der Waals surface area contributed by atoms with E-state index in [2.05, 4.69) is 55.4 Å². The number of carbonyl (C=O) groups is 1. The van der Waals surface area contributed by atoms with E-state index in [-0.39, 0.29) is 57.6 Å². The number of aliphatic carboxylic acids is 1. The zero-order valence-electron chi connectivity index (χ0n) is 23.3. The Balaban J connectivity index is 0.00000289. The van der Waals surface area contributed by atoms with Gasteiger partial charge in [0.2, 0.25) is 0 Å². The summed E-state index contributed by atoms with van der Waals surface area (Å²) in [5.74, 6) is 2.62. The van der Waals surface area contributed by atoms with Crippen LogP contribution < -0.4 is 0 Å². The van der Waals surface area contributed by atoms with Crippen LogP contribution in [-0.2, 0) is 4.79 Å². The SMILES string of the molecule is C[C@@H]1[C@H]2[C@H]3CC[C@@H]4[C@]5(C)[C@@H](CC[C@@]4(C)[C@]3(C)CC[C@@]2(C)CC[C@H]1C)C(C)(C)CCC5(O)C(=O)O.[NaH]. The van der Waals surface area contributed by atoms with E-state index in [1.165, 1.54) is 38.5 Å². The van der Waals surface area contributed by atoms with E-state index in [0.717, 1.165) is 42.9 Å². The second-order valence-electron chi connectivity index (χ2n) is 15.7. The van der Waals surface area contributed by atoms with Crippen LogP contribution in [0.5, 0.6) is 0 Å². The van der Waals surface area contributed by atoms with E-state index in [4.69, 9.17) is 0 Å². The van der Waals surface area contributed by atoms with Crippen LogP contribution >= 0.6 is 0 Å². The van der Waals surface area contributed by atoms with E-state index in [1.807, 2.05) is 0 Å². The third-order valence-electron chi connectivity index (χ3n) is 14.5. The third kappa shape index (κ3) is 3.38. The number of aliphatic hydroxyl groups is 1. The molecule has 2 N–H and O–H groups in total. The van der Waals surface area contributed by atoms with Crippen LogP contribution in [0.25, 0.3) is 0 Å². The first-order valence-corrected chi connectivity index (χ1v) is 14.5. The minimum atomic E-state index is -1.61. The zero-order valence-corrected chi connectivity index (χ0v) is 23.3. The molecule has 5 rings (SSSR count). The van der Waals surface area contributed by atoms with Gasteiger partial charge in [-0.15, -0.1) is 0 Å². The van der Waals surface area contributed by atoms with Crippen LogP contribution in [0.15, 0.2) is 0 Å². The number of rotatable bonds is 1. The van der Waals surface area contributed by atoms with Crippen LogP contribution in [-0.4, -0.2) is 51.3 Å². The van der Waals surface area contributed by atoms with Crippen LogP contribution in [0.2, 0.25) is 0 Å². The van der Waals surface area contributed by atoms with Crippen molar-refractivity contribution in [3.05, 3.63) is 0 Å². The fourth-order valence-electron chi connectivity index (χ4n) is 12.0. The van der Waals surface area contributed by atoms with Gasteiger partial charge in [-0.1, -0.05) is 55.4 Å². The average Bonchev–Trinajstić information content (AvgIpc) is 2.75. The van der Waals surface area contributed by atoms with Crippen molar-refractivity contribution < 1.29 is 15.0 Å². The van der Waals surface area contributed by atoms with Gasteiger partial charge in [0.15, 0.2) is 5.60 Å². The van der Waals surface area contributed by atoms with Gasteiger partial charge in [0.25, 0.3) is 0 Å². The molecule has 11 atom stereocenters. The second-order valence-corrected chi connectivity index (χ2v) is 15.7. The normalized spacial score (nSPS) is 56.9. The van der Waals surface area contributed by atoms with E-state index < -0.39 is 17.0 Å². The van der Waals surface area contributed by atoms with E-state index >= 15 is 0 Å². The average molecular weight is 497 g/mol. The molecule has 0 heterocycles. The van der Waals surface area contributed by atoms with Crippen molar-refractivity contribution >= 4 is 35.5 Å².